The molecule has 0 radical (unpaired) electrons. The highest BCUT2D eigenvalue weighted by molar-refractivity contribution is 7.18. The normalized spacial score (nSPS) is 32.4. The largest absolute Gasteiger partial charge is 0.397 e. The number of nitrogens with two attached hydrogens (primary N) is 1. The average Bonchev–Trinajstić information content (AvgIpc) is 3.02. The molecule has 0 aliphatic carbocycles. The summed E-state index contributed by atoms with van der Waals surface area (Å²) < 4.78 is 6.23. The van der Waals surface area contributed by atoms with Crippen LogP contribution in [0.25, 0.3) is 10.2 Å². The molecule has 0 bridgehead atoms. The fourth-order valence-electron chi connectivity index (χ4n) is 2.49. The zero-order chi connectivity index (χ0) is 15.2. The zero-order valence-electron chi connectivity index (χ0n) is 10.8. The van der Waals surface area contributed by atoms with Crippen molar-refractivity contribution < 1.29 is 20.1 Å². The predicted molar refractivity (Wildman–Crippen MR) is 75.3 cm³/mol. The fourth-order valence-corrected chi connectivity index (χ4v) is 3.46. The Bertz CT molecular complexity index is 728. The minimum absolute atomic E-state index is 0.541. The lowest BCUT2D eigenvalue weighted by atomic mass is 9.95. The van der Waals surface area contributed by atoms with Crippen LogP contribution in [-0.4, -0.2) is 44.7 Å². The van der Waals surface area contributed by atoms with Gasteiger partial charge < -0.3 is 25.8 Å². The molecule has 1 saturated heterocycles. The Morgan fingerprint density at radius 1 is 1.52 bits per heavy atom. The maximum atomic E-state index is 10.2. The maximum Gasteiger partial charge on any atom is 0.206 e. The van der Waals surface area contributed by atoms with E-state index in [4.69, 9.17) is 15.7 Å². The van der Waals surface area contributed by atoms with Gasteiger partial charge in [-0.15, -0.1) is 11.3 Å². The molecule has 4 atom stereocenters. The minimum Gasteiger partial charge on any atom is -0.397 e. The zero-order valence-corrected chi connectivity index (χ0v) is 11.6. The van der Waals surface area contributed by atoms with E-state index in [0.29, 0.717) is 16.8 Å². The van der Waals surface area contributed by atoms with Gasteiger partial charge in [-0.2, -0.15) is 5.26 Å². The molecular formula is C13H13N3O4S. The van der Waals surface area contributed by atoms with Crippen molar-refractivity contribution in [1.82, 2.24) is 4.98 Å². The topological polar surface area (TPSA) is 133 Å². The number of aliphatic hydroxyl groups is 3. The van der Waals surface area contributed by atoms with Crippen molar-refractivity contribution in [3.63, 3.8) is 0 Å². The van der Waals surface area contributed by atoms with E-state index in [-0.39, 0.29) is 0 Å². The summed E-state index contributed by atoms with van der Waals surface area (Å²) >= 11 is 1.34. The number of aromatic nitrogens is 1. The van der Waals surface area contributed by atoms with E-state index in [0.717, 1.165) is 4.70 Å². The van der Waals surface area contributed by atoms with Crippen LogP contribution in [-0.2, 0) is 4.74 Å². The summed E-state index contributed by atoms with van der Waals surface area (Å²) in [5.74, 6) is 0. The molecule has 1 fully saturated rings. The van der Waals surface area contributed by atoms with E-state index in [1.807, 2.05) is 0 Å². The number of aliphatic hydroxyl groups excluding tert-OH is 3. The summed E-state index contributed by atoms with van der Waals surface area (Å²) in [6, 6.07) is 3.40. The molecule has 0 amide bonds. The molecule has 3 heterocycles. The molecule has 7 nitrogen and oxygen atoms in total. The molecule has 3 rings (SSSR count). The number of nitrogen functional groups attached to an aromatic ring is 1. The van der Waals surface area contributed by atoms with Gasteiger partial charge in [0.15, 0.2) is 0 Å². The van der Waals surface area contributed by atoms with Crippen LogP contribution in [0.4, 0.5) is 5.69 Å². The lowest BCUT2D eigenvalue weighted by molar-refractivity contribution is -0.0732. The first kappa shape index (κ1) is 14.2. The molecule has 0 unspecified atom stereocenters. The monoisotopic (exact) mass is 307 g/mol. The third-order valence-electron chi connectivity index (χ3n) is 3.69. The van der Waals surface area contributed by atoms with Crippen LogP contribution in [0.1, 0.15) is 11.7 Å². The van der Waals surface area contributed by atoms with Gasteiger partial charge >= 0.3 is 0 Å². The molecule has 1 aliphatic heterocycles. The van der Waals surface area contributed by atoms with Gasteiger partial charge in [-0.05, 0) is 11.4 Å². The van der Waals surface area contributed by atoms with Crippen molar-refractivity contribution >= 4 is 27.2 Å². The van der Waals surface area contributed by atoms with Gasteiger partial charge in [0, 0.05) is 11.8 Å². The summed E-state index contributed by atoms with van der Waals surface area (Å²) in [7, 11) is 0. The molecule has 0 spiro atoms. The van der Waals surface area contributed by atoms with Crippen molar-refractivity contribution in [2.24, 2.45) is 0 Å². The van der Waals surface area contributed by atoms with Crippen molar-refractivity contribution in [2.45, 2.75) is 23.9 Å². The van der Waals surface area contributed by atoms with Gasteiger partial charge in [-0.25, -0.2) is 0 Å². The summed E-state index contributed by atoms with van der Waals surface area (Å²) in [5, 5.41) is 40.4. The van der Waals surface area contributed by atoms with E-state index in [1.165, 1.54) is 17.5 Å². The quantitative estimate of drug-likeness (QED) is 0.610. The van der Waals surface area contributed by atoms with Gasteiger partial charge in [-0.3, -0.25) is 4.98 Å². The maximum absolute atomic E-state index is 10.2. The number of pyridine rings is 1. The molecular weight excluding hydrogens is 294 g/mol. The molecule has 2 aromatic rings. The van der Waals surface area contributed by atoms with E-state index < -0.39 is 30.5 Å². The van der Waals surface area contributed by atoms with E-state index in [1.54, 1.807) is 17.5 Å². The summed E-state index contributed by atoms with van der Waals surface area (Å²) in [6.07, 6.45) is -2.25. The van der Waals surface area contributed by atoms with E-state index in [2.05, 4.69) is 4.98 Å². The number of ether oxygens (including phenoxy) is 1. The second-order valence-electron chi connectivity index (χ2n) is 4.90. The Morgan fingerprint density at radius 3 is 2.90 bits per heavy atom. The Hall–Kier alpha value is -1.76. The Labute approximate surface area is 123 Å². The number of nitrogens with zero attached hydrogens (tertiary/aromatic N) is 2. The molecule has 0 aromatic carbocycles. The highest BCUT2D eigenvalue weighted by atomic mass is 32.1. The molecule has 0 saturated carbocycles. The second-order valence-corrected chi connectivity index (χ2v) is 5.78. The summed E-state index contributed by atoms with van der Waals surface area (Å²) in [4.78, 5) is 4.22. The molecule has 2 aromatic heterocycles. The van der Waals surface area contributed by atoms with Crippen molar-refractivity contribution in [2.75, 3.05) is 12.3 Å². The first-order chi connectivity index (χ1) is 10.0. The summed E-state index contributed by atoms with van der Waals surface area (Å²) in [6.45, 7) is -0.712. The number of fused-ring (bicyclic) bond motifs is 1. The van der Waals surface area contributed by atoms with Crippen LogP contribution in [0.15, 0.2) is 17.6 Å². The van der Waals surface area contributed by atoms with Crippen LogP contribution in [0.3, 0.4) is 0 Å². The number of hydrogen-bond acceptors (Lipinski definition) is 8. The highest BCUT2D eigenvalue weighted by Gasteiger charge is 2.55. The molecule has 1 aliphatic rings. The van der Waals surface area contributed by atoms with Gasteiger partial charge in [-0.1, -0.05) is 0 Å². The number of thiophene rings is 1. The number of anilines is 1. The van der Waals surface area contributed by atoms with Gasteiger partial charge in [0.2, 0.25) is 5.60 Å². The minimum atomic E-state index is -1.83. The predicted octanol–water partition coefficient (Wildman–Crippen LogP) is -0.0737. The van der Waals surface area contributed by atoms with Gasteiger partial charge in [0.25, 0.3) is 0 Å². The molecule has 21 heavy (non-hydrogen) atoms. The molecule has 8 heteroatoms. The van der Waals surface area contributed by atoms with Crippen molar-refractivity contribution in [3.05, 3.63) is 23.2 Å². The number of hydrogen-bond donors (Lipinski definition) is 4. The molecule has 5 N–H and O–H groups in total. The lowest BCUT2D eigenvalue weighted by Gasteiger charge is -2.21. The second kappa shape index (κ2) is 4.91. The van der Waals surface area contributed by atoms with Crippen LogP contribution in [0, 0.1) is 11.3 Å². The van der Waals surface area contributed by atoms with Crippen LogP contribution >= 0.6 is 11.3 Å². The smallest absolute Gasteiger partial charge is 0.206 e. The lowest BCUT2D eigenvalue weighted by Crippen LogP contribution is -2.44. The Morgan fingerprint density at radius 2 is 2.29 bits per heavy atom. The number of rotatable bonds is 2. The fraction of sp³-hybridized carbons (Fsp3) is 0.385. The summed E-state index contributed by atoms with van der Waals surface area (Å²) in [5.41, 5.74) is 5.68. The third kappa shape index (κ3) is 1.91. The Kier molecular flexibility index (Phi) is 3.32. The van der Waals surface area contributed by atoms with Crippen LogP contribution < -0.4 is 5.73 Å². The van der Waals surface area contributed by atoms with Crippen LogP contribution in [0.2, 0.25) is 0 Å². The Balaban J connectivity index is 2.08. The van der Waals surface area contributed by atoms with E-state index in [9.17, 15) is 15.3 Å². The molecule has 110 valence electrons. The SMILES string of the molecule is N#C[C@]1(CO)O[C@@H](c2csc3c(N)ccnc23)[C@H](O)[C@@H]1O. The third-order valence-corrected chi connectivity index (χ3v) is 4.73. The van der Waals surface area contributed by atoms with Crippen molar-refractivity contribution in [3.8, 4) is 6.07 Å². The van der Waals surface area contributed by atoms with Gasteiger partial charge in [0.1, 0.15) is 24.4 Å². The van der Waals surface area contributed by atoms with E-state index >= 15 is 0 Å². The van der Waals surface area contributed by atoms with Gasteiger partial charge in [0.05, 0.1) is 22.5 Å². The number of nitriles is 1. The van der Waals surface area contributed by atoms with Crippen LogP contribution in [0.5, 0.6) is 0 Å². The first-order valence-corrected chi connectivity index (χ1v) is 7.09. The first-order valence-electron chi connectivity index (χ1n) is 6.21. The average molecular weight is 307 g/mol. The highest BCUT2D eigenvalue weighted by Crippen LogP contribution is 2.43. The van der Waals surface area contributed by atoms with Crippen molar-refractivity contribution in [1.29, 1.82) is 5.26 Å². The standard InChI is InChI=1S/C13H13N3O4S/c14-4-13(5-17)12(19)9(18)10(20-13)6-3-21-11-7(15)1-2-16-8(6)11/h1-3,9-10,12,17-19H,5H2,(H2,15,16)/t9-,10-,12-,13+/m0/s1.